The largest absolute Gasteiger partial charge is 0.459 e. The molecular weight excluding hydrogens is 1310 g/mol. The van der Waals surface area contributed by atoms with Crippen molar-refractivity contribution >= 4 is 47.3 Å². The van der Waals surface area contributed by atoms with Gasteiger partial charge in [-0.15, -0.1) is 0 Å². The molecule has 2 aromatic heterocycles. The number of hydrogen-bond acceptors (Lipinski definition) is 24. The van der Waals surface area contributed by atoms with Gasteiger partial charge >= 0.3 is 12.1 Å². The van der Waals surface area contributed by atoms with Gasteiger partial charge in [-0.2, -0.15) is 0 Å². The molecule has 562 valence electrons. The predicted molar refractivity (Wildman–Crippen MR) is 380 cm³/mol. The van der Waals surface area contributed by atoms with Crippen LogP contribution in [0.2, 0.25) is 0 Å². The zero-order chi connectivity index (χ0) is 73.6. The number of azide groups is 1. The van der Waals surface area contributed by atoms with Gasteiger partial charge in [0.2, 0.25) is 23.6 Å². The fourth-order valence-corrected chi connectivity index (χ4v) is 14.6. The van der Waals surface area contributed by atoms with Crippen LogP contribution in [0.3, 0.4) is 0 Å². The molecular formula is C73H110N14O15. The third-order valence-electron chi connectivity index (χ3n) is 21.1. The number of rotatable bonds is 17. The van der Waals surface area contributed by atoms with Crippen molar-refractivity contribution in [1.82, 2.24) is 40.0 Å². The number of carbonyl (C=O) groups excluding carboxylic acids is 6. The maximum Gasteiger partial charge on any atom is 0.407 e. The van der Waals surface area contributed by atoms with Crippen LogP contribution in [0, 0.1) is 36.5 Å². The van der Waals surface area contributed by atoms with E-state index in [-0.39, 0.29) is 62.1 Å². The van der Waals surface area contributed by atoms with Crippen molar-refractivity contribution in [2.45, 2.75) is 205 Å². The number of aryl methyl sites for hydroxylation is 1. The number of methoxy groups -OCH3 is 2. The number of nitrogens with two attached hydrogens (primary N) is 1. The molecule has 29 heteroatoms. The van der Waals surface area contributed by atoms with E-state index >= 15 is 0 Å². The number of piperidine rings is 1. The monoisotopic (exact) mass is 1420 g/mol. The van der Waals surface area contributed by atoms with Crippen LogP contribution in [0.15, 0.2) is 77.5 Å². The molecule has 2 aromatic rings. The number of esters is 1. The van der Waals surface area contributed by atoms with Gasteiger partial charge in [0.1, 0.15) is 30.5 Å². The Bertz CT molecular complexity index is 3270. The number of nitrogens with one attached hydrogen (secondary N) is 1. The quantitative estimate of drug-likeness (QED) is 0.0229. The third kappa shape index (κ3) is 22.4. The molecule has 6 aliphatic rings. The summed E-state index contributed by atoms with van der Waals surface area (Å²) in [5.74, 6) is -7.24. The van der Waals surface area contributed by atoms with Gasteiger partial charge in [-0.25, -0.2) is 29.5 Å². The van der Waals surface area contributed by atoms with Crippen molar-refractivity contribution < 1.29 is 72.5 Å². The molecule has 3 amide bonds. The lowest BCUT2D eigenvalue weighted by atomic mass is 9.80. The second kappa shape index (κ2) is 39.0. The molecule has 0 radical (unpaired) electrons. The van der Waals surface area contributed by atoms with Crippen LogP contribution in [-0.2, 0) is 58.9 Å². The van der Waals surface area contributed by atoms with Crippen LogP contribution < -0.4 is 20.9 Å². The average Bonchev–Trinajstić information content (AvgIpc) is 0.772. The zero-order valence-electron chi connectivity index (χ0n) is 61.0. The first kappa shape index (κ1) is 80.4. The van der Waals surface area contributed by atoms with Gasteiger partial charge in [0.05, 0.1) is 37.9 Å². The van der Waals surface area contributed by atoms with E-state index in [4.69, 9.17) is 34.2 Å². The number of amides is 3. The van der Waals surface area contributed by atoms with Gasteiger partial charge in [-0.05, 0) is 131 Å². The van der Waals surface area contributed by atoms with Crippen LogP contribution >= 0.6 is 0 Å². The minimum absolute atomic E-state index is 0.00377. The van der Waals surface area contributed by atoms with Crippen molar-refractivity contribution in [2.24, 2.45) is 40.4 Å². The molecule has 0 spiro atoms. The molecule has 29 nitrogen and oxygen atoms in total. The number of nitrogens with zero attached hydrogens (tertiary/aromatic N) is 12. The van der Waals surface area contributed by atoms with Crippen LogP contribution in [-0.4, -0.2) is 245 Å². The molecule has 8 rings (SSSR count). The van der Waals surface area contributed by atoms with E-state index in [9.17, 15) is 49.6 Å². The van der Waals surface area contributed by atoms with Crippen LogP contribution in [0.25, 0.3) is 10.4 Å². The summed E-state index contributed by atoms with van der Waals surface area (Å²) in [5, 5.41) is 41.8. The molecule has 0 aromatic carbocycles. The summed E-state index contributed by atoms with van der Waals surface area (Å²) < 4.78 is 36.2. The lowest BCUT2D eigenvalue weighted by molar-refractivity contribution is -0.265. The lowest BCUT2D eigenvalue weighted by Gasteiger charge is -2.43. The molecule has 4 saturated heterocycles. The smallest absolute Gasteiger partial charge is 0.407 e. The summed E-state index contributed by atoms with van der Waals surface area (Å²) >= 11 is 0. The Morgan fingerprint density at radius 2 is 1.47 bits per heavy atom. The Morgan fingerprint density at radius 3 is 2.15 bits per heavy atom. The Kier molecular flexibility index (Phi) is 30.7. The average molecular weight is 1420 g/mol. The Labute approximate surface area is 599 Å². The molecule has 6 N–H and O–H groups in total. The standard InChI is InChI=1S/C73H110N14O15/c1-46-15-11-10-12-16-48(3)60(97-8)39-55-20-18-52(7)73(96,102-55)67(92)68(93)87-23-14-13-17-58(87)69(94)100-61(40-57(81-82-75)49(4)36-51(6)65(90)66(91)64(89)50(5)35-46)56(74)37-53-19-21-59(62(38-53)98-9)101-72(95)80-45-54-43-78-71(79-44-54)86-30-28-84(29-31-86)63(88)22-33-99-34-32-83-24-26-85(27-25-83)70-76-41-47(2)42-77-70/h10-12,15-16,36,41-44,46,49-50,52-53,55-62,65-66,90-91,96H,13-14,17-35,37-40,45,74H2,1-9H3,(H,80,95)/b12-10?,15-11+,48-16?,51-36+/t46-,49-,50-,52-,53+,55+,56-,57?,58+,59-,60+,61+,62-,65-,66+,73-/m1/s1. The van der Waals surface area contributed by atoms with Crippen LogP contribution in [0.5, 0.6) is 0 Å². The maximum absolute atomic E-state index is 14.8. The fourth-order valence-electron chi connectivity index (χ4n) is 14.6. The molecule has 102 heavy (non-hydrogen) atoms. The maximum atomic E-state index is 14.8. The summed E-state index contributed by atoms with van der Waals surface area (Å²) in [7, 11) is 3.08. The number of piperazine rings is 2. The first-order valence-electron chi connectivity index (χ1n) is 36.4. The highest BCUT2D eigenvalue weighted by atomic mass is 16.6. The molecule has 1 unspecified atom stereocenters. The van der Waals surface area contributed by atoms with E-state index in [1.807, 2.05) is 73.3 Å². The number of carbonyl (C=O) groups is 6. The number of aliphatic hydroxyl groups is 3. The predicted octanol–water partition coefficient (Wildman–Crippen LogP) is 6.03. The van der Waals surface area contributed by atoms with Crippen LogP contribution in [0.1, 0.15) is 136 Å². The van der Waals surface area contributed by atoms with Crippen molar-refractivity contribution in [3.05, 3.63) is 94.0 Å². The van der Waals surface area contributed by atoms with E-state index in [0.717, 1.165) is 54.7 Å². The van der Waals surface area contributed by atoms with E-state index < -0.39 is 114 Å². The van der Waals surface area contributed by atoms with E-state index in [1.165, 1.54) is 7.11 Å². The second-order valence-corrected chi connectivity index (χ2v) is 28.7. The number of anilines is 2. The number of ketones is 2. The summed E-state index contributed by atoms with van der Waals surface area (Å²) in [6, 6.07) is -3.18. The van der Waals surface area contributed by atoms with Gasteiger partial charge in [0, 0.05) is 152 Å². The summed E-state index contributed by atoms with van der Waals surface area (Å²) in [5.41, 5.74) is 19.9. The summed E-state index contributed by atoms with van der Waals surface area (Å²) in [6.45, 7) is 19.8. The zero-order valence-corrected chi connectivity index (χ0v) is 61.0. The Morgan fingerprint density at radius 1 is 0.784 bits per heavy atom. The number of aromatic nitrogens is 4. The molecule has 5 aliphatic heterocycles. The second-order valence-electron chi connectivity index (χ2n) is 28.7. The minimum atomic E-state index is -2.51. The summed E-state index contributed by atoms with van der Waals surface area (Å²) in [6.07, 6.45) is 14.6. The van der Waals surface area contributed by atoms with Crippen LogP contribution in [0.4, 0.5) is 16.7 Å². The van der Waals surface area contributed by atoms with Crippen molar-refractivity contribution in [3.63, 3.8) is 0 Å². The number of fused-ring (bicyclic) bond motifs is 3. The highest BCUT2D eigenvalue weighted by molar-refractivity contribution is 6.39. The van der Waals surface area contributed by atoms with E-state index in [1.54, 1.807) is 53.3 Å². The van der Waals surface area contributed by atoms with Crippen molar-refractivity contribution in [3.8, 4) is 0 Å². The first-order valence-corrected chi connectivity index (χ1v) is 36.4. The van der Waals surface area contributed by atoms with Gasteiger partial charge in [0.25, 0.3) is 11.7 Å². The van der Waals surface area contributed by atoms with Gasteiger partial charge in [-0.1, -0.05) is 69.3 Å². The van der Waals surface area contributed by atoms with Crippen molar-refractivity contribution in [2.75, 3.05) is 103 Å². The number of ether oxygens (including phenoxy) is 6. The fraction of sp³-hybridized carbons (Fsp3) is 0.699. The molecule has 16 atom stereocenters. The van der Waals surface area contributed by atoms with Gasteiger partial charge in [-0.3, -0.25) is 24.1 Å². The number of hydrogen-bond donors (Lipinski definition) is 5. The molecule has 2 bridgehead atoms. The van der Waals surface area contributed by atoms with Crippen molar-refractivity contribution in [1.29, 1.82) is 0 Å². The number of aliphatic hydroxyl groups excluding tert-OH is 2. The number of allylic oxidation sites excluding steroid dienone is 5. The lowest BCUT2D eigenvalue weighted by Crippen LogP contribution is -2.61. The Hall–Kier alpha value is -7.31. The minimum Gasteiger partial charge on any atom is -0.459 e. The highest BCUT2D eigenvalue weighted by Gasteiger charge is 2.53. The first-order chi connectivity index (χ1) is 48.9. The molecule has 7 heterocycles. The number of Topliss-reactive ketones (excluding diaryl/α,β-unsaturated/α-hetero) is 2. The third-order valence-corrected chi connectivity index (χ3v) is 21.1. The Balaban J connectivity index is 0.863. The van der Waals surface area contributed by atoms with Gasteiger partial charge in [0.15, 0.2) is 5.78 Å². The SMILES string of the molecule is CO[C@H]1C[C@@H]2CC[C@@H](C)[C@@](O)(O2)C(=O)C(=O)N2CCCC[C@H]2C(=O)O[C@H]([C@H](N)C[C@@H]2CC[C@@H](OC(=O)NCc3cnc(N4CCN(C(=O)CCOCCN5CCN(c6ncc(C)cn6)CC5)CC4)nc3)[C@H](OC)C2)CC(N=[N+]=[N-])[C@H](C)/C=C(\C)[C@@H](O)[C@@H](O)C(=O)[C@H](C)C[C@H](C)/C=C/C=CC=C1C. The number of alkyl carbamates (subject to hydrolysis) is 1. The molecule has 1 aliphatic carbocycles. The van der Waals surface area contributed by atoms with E-state index in [0.29, 0.717) is 109 Å². The normalized spacial score (nSPS) is 31.7. The highest BCUT2D eigenvalue weighted by Crippen LogP contribution is 2.38. The molecule has 1 saturated carbocycles. The topological polar surface area (TPSA) is 373 Å². The number of cyclic esters (lactones) is 1. The van der Waals surface area contributed by atoms with Gasteiger partial charge < -0.3 is 74.4 Å². The van der Waals surface area contributed by atoms with E-state index in [2.05, 4.69) is 45.1 Å². The summed E-state index contributed by atoms with van der Waals surface area (Å²) in [4.78, 5) is 115. The molecule has 5 fully saturated rings.